The molecule has 0 nitrogen and oxygen atoms in total. The second-order valence-corrected chi connectivity index (χ2v) is 14.2. The Bertz CT molecular complexity index is 750. The summed E-state index contributed by atoms with van der Waals surface area (Å²) < 4.78 is 0.283. The van der Waals surface area contributed by atoms with Crippen LogP contribution in [0.4, 0.5) is 0 Å². The molecule has 1 unspecified atom stereocenters. The van der Waals surface area contributed by atoms with Gasteiger partial charge < -0.3 is 0 Å². The molecule has 3 heteroatoms. The fourth-order valence-corrected chi connectivity index (χ4v) is 8.84. The second-order valence-electron chi connectivity index (χ2n) is 5.40. The van der Waals surface area contributed by atoms with Gasteiger partial charge in [-0.05, 0) is 16.0 Å². The molecule has 0 bridgehead atoms. The van der Waals surface area contributed by atoms with Crippen molar-refractivity contribution in [3.63, 3.8) is 0 Å². The van der Waals surface area contributed by atoms with E-state index in [9.17, 15) is 0 Å². The van der Waals surface area contributed by atoms with E-state index in [2.05, 4.69) is 111 Å². The molecule has 3 rings (SSSR count). The van der Waals surface area contributed by atoms with Crippen molar-refractivity contribution in [2.24, 2.45) is 0 Å². The zero-order valence-corrected chi connectivity index (χ0v) is 15.9. The second kappa shape index (κ2) is 6.07. The third-order valence-electron chi connectivity index (χ3n) is 4.16. The van der Waals surface area contributed by atoms with Crippen molar-refractivity contribution in [3.05, 3.63) is 72.8 Å². The van der Waals surface area contributed by atoms with Crippen molar-refractivity contribution in [3.8, 4) is 0 Å². The van der Waals surface area contributed by atoms with Gasteiger partial charge in [0.1, 0.15) is 8.07 Å². The molecule has 0 aliphatic carbocycles. The average molecular weight is 420 g/mol. The van der Waals surface area contributed by atoms with Gasteiger partial charge in [-0.15, -0.1) is 0 Å². The van der Waals surface area contributed by atoms with Crippen LogP contribution in [-0.2, 0) is 0 Å². The molecule has 3 aromatic carbocycles. The molecule has 0 saturated carbocycles. The maximum absolute atomic E-state index is 3.83. The average Bonchev–Trinajstić information content (AvgIpc) is 2.54. The highest BCUT2D eigenvalue weighted by molar-refractivity contribution is 9.25. The summed E-state index contributed by atoms with van der Waals surface area (Å²) in [5.74, 6) is 0. The Morgan fingerprint density at radius 1 is 0.762 bits per heavy atom. The van der Waals surface area contributed by atoms with Crippen LogP contribution in [0.2, 0.25) is 6.55 Å². The summed E-state index contributed by atoms with van der Waals surface area (Å²) in [6.07, 6.45) is 0. The predicted molar refractivity (Wildman–Crippen MR) is 103 cm³/mol. The molecule has 0 radical (unpaired) electrons. The van der Waals surface area contributed by atoms with Crippen LogP contribution in [0.15, 0.2) is 72.8 Å². The lowest BCUT2D eigenvalue weighted by atomic mass is 10.1. The Morgan fingerprint density at radius 3 is 2.10 bits per heavy atom. The van der Waals surface area contributed by atoms with Gasteiger partial charge in [0.25, 0.3) is 0 Å². The van der Waals surface area contributed by atoms with E-state index in [0.29, 0.717) is 0 Å². The summed E-state index contributed by atoms with van der Waals surface area (Å²) in [5.41, 5.74) is 0. The molecule has 0 aromatic heterocycles. The lowest BCUT2D eigenvalue weighted by molar-refractivity contribution is 1.66. The lowest BCUT2D eigenvalue weighted by Gasteiger charge is -2.31. The Balaban J connectivity index is 2.31. The maximum atomic E-state index is 3.83. The van der Waals surface area contributed by atoms with E-state index in [1.165, 1.54) is 21.1 Å². The number of alkyl halides is 2. The lowest BCUT2D eigenvalue weighted by Crippen LogP contribution is -2.60. The zero-order chi connectivity index (χ0) is 14.9. The summed E-state index contributed by atoms with van der Waals surface area (Å²) in [5, 5.41) is 5.57. The molecular weight excluding hydrogens is 404 g/mol. The minimum atomic E-state index is -1.91. The van der Waals surface area contributed by atoms with Gasteiger partial charge >= 0.3 is 0 Å². The minimum Gasteiger partial charge on any atom is -0.0793 e. The number of halogens is 2. The summed E-state index contributed by atoms with van der Waals surface area (Å²) in [7, 11) is -1.91. The van der Waals surface area contributed by atoms with E-state index in [1.54, 1.807) is 0 Å². The van der Waals surface area contributed by atoms with Crippen molar-refractivity contribution in [2.75, 3.05) is 0 Å². The molecule has 0 amide bonds. The standard InChI is InChI=1S/C18H16Br2Si/c1-21(18(19)20,15-10-3-2-4-11-15)17-13-7-9-14-8-5-6-12-16(14)17/h2-13,18H,1H3. The van der Waals surface area contributed by atoms with Crippen LogP contribution < -0.4 is 10.4 Å². The highest BCUT2D eigenvalue weighted by Crippen LogP contribution is 2.25. The van der Waals surface area contributed by atoms with Crippen molar-refractivity contribution >= 4 is 61.1 Å². The first-order chi connectivity index (χ1) is 10.1. The predicted octanol–water partition coefficient (Wildman–Crippen LogP) is 4.69. The normalized spacial score (nSPS) is 14.3. The first-order valence-corrected chi connectivity index (χ1v) is 11.4. The first-order valence-electron chi connectivity index (χ1n) is 6.96. The summed E-state index contributed by atoms with van der Waals surface area (Å²) in [6.45, 7) is 2.41. The minimum absolute atomic E-state index is 0.283. The number of hydrogen-bond acceptors (Lipinski definition) is 0. The Morgan fingerprint density at radius 2 is 1.38 bits per heavy atom. The summed E-state index contributed by atoms with van der Waals surface area (Å²) >= 11 is 7.67. The molecule has 0 spiro atoms. The third-order valence-corrected chi connectivity index (χ3v) is 13.6. The van der Waals surface area contributed by atoms with Crippen molar-refractivity contribution in [1.82, 2.24) is 0 Å². The van der Waals surface area contributed by atoms with Gasteiger partial charge in [0.15, 0.2) is 0 Å². The Hall–Kier alpha value is -0.903. The van der Waals surface area contributed by atoms with Crippen LogP contribution in [0.1, 0.15) is 0 Å². The topological polar surface area (TPSA) is 0 Å². The summed E-state index contributed by atoms with van der Waals surface area (Å²) in [4.78, 5) is 0. The van der Waals surface area contributed by atoms with E-state index >= 15 is 0 Å². The van der Waals surface area contributed by atoms with Crippen LogP contribution in [-0.4, -0.2) is 11.4 Å². The monoisotopic (exact) mass is 418 g/mol. The van der Waals surface area contributed by atoms with Gasteiger partial charge in [-0.25, -0.2) is 0 Å². The van der Waals surface area contributed by atoms with Crippen molar-refractivity contribution in [2.45, 2.75) is 9.91 Å². The molecule has 0 aliphatic rings. The Labute approximate surface area is 143 Å². The largest absolute Gasteiger partial charge is 0.141 e. The molecule has 0 heterocycles. The molecule has 106 valence electrons. The first kappa shape index (κ1) is 15.0. The van der Waals surface area contributed by atoms with Crippen LogP contribution in [0, 0.1) is 0 Å². The number of benzene rings is 3. The molecule has 21 heavy (non-hydrogen) atoms. The molecule has 1 atom stereocenters. The molecule has 0 fully saturated rings. The maximum Gasteiger partial charge on any atom is 0.141 e. The quantitative estimate of drug-likeness (QED) is 0.426. The number of rotatable bonds is 3. The van der Waals surface area contributed by atoms with Crippen molar-refractivity contribution < 1.29 is 0 Å². The summed E-state index contributed by atoms with van der Waals surface area (Å²) in [6, 6.07) is 26.2. The van der Waals surface area contributed by atoms with Gasteiger partial charge in [-0.1, -0.05) is 116 Å². The molecule has 0 saturated heterocycles. The van der Waals surface area contributed by atoms with Gasteiger partial charge in [0, 0.05) is 0 Å². The van der Waals surface area contributed by atoms with E-state index < -0.39 is 8.07 Å². The van der Waals surface area contributed by atoms with E-state index in [-0.39, 0.29) is 3.36 Å². The molecule has 3 aromatic rings. The van der Waals surface area contributed by atoms with Crippen LogP contribution in [0.3, 0.4) is 0 Å². The van der Waals surface area contributed by atoms with E-state index in [0.717, 1.165) is 0 Å². The van der Waals surface area contributed by atoms with E-state index in [4.69, 9.17) is 0 Å². The van der Waals surface area contributed by atoms with Crippen LogP contribution in [0.5, 0.6) is 0 Å². The van der Waals surface area contributed by atoms with Crippen molar-refractivity contribution in [1.29, 1.82) is 0 Å². The fraction of sp³-hybridized carbons (Fsp3) is 0.111. The van der Waals surface area contributed by atoms with Gasteiger partial charge in [-0.3, -0.25) is 0 Å². The number of hydrogen-bond donors (Lipinski definition) is 0. The number of fused-ring (bicyclic) bond motifs is 1. The van der Waals surface area contributed by atoms with Crippen LogP contribution >= 0.6 is 31.9 Å². The van der Waals surface area contributed by atoms with Gasteiger partial charge in [0.2, 0.25) is 0 Å². The zero-order valence-electron chi connectivity index (χ0n) is 11.8. The third kappa shape index (κ3) is 2.63. The molecule has 0 N–H and O–H groups in total. The highest BCUT2D eigenvalue weighted by atomic mass is 79.9. The molecular formula is C18H16Br2Si. The van der Waals surface area contributed by atoms with Crippen LogP contribution in [0.25, 0.3) is 10.8 Å². The fourth-order valence-electron chi connectivity index (χ4n) is 2.86. The SMILES string of the molecule is C[Si](c1ccccc1)(c1cccc2ccccc12)C(Br)Br. The van der Waals surface area contributed by atoms with Gasteiger partial charge in [-0.2, -0.15) is 0 Å². The smallest absolute Gasteiger partial charge is 0.0793 e. The van der Waals surface area contributed by atoms with Gasteiger partial charge in [0.05, 0.1) is 3.36 Å². The molecule has 0 aliphatic heterocycles. The highest BCUT2D eigenvalue weighted by Gasteiger charge is 2.38. The van der Waals surface area contributed by atoms with E-state index in [1.807, 2.05) is 0 Å². The Kier molecular flexibility index (Phi) is 4.34.